The van der Waals surface area contributed by atoms with Crippen molar-refractivity contribution >= 4 is 0 Å². The Labute approximate surface area is 94.3 Å². The monoisotopic (exact) mass is 219 g/mol. The molecule has 0 saturated carbocycles. The Balaban J connectivity index is 2.16. The fraction of sp³-hybridized carbons (Fsp3) is 0.417. The number of nitriles is 1. The molecule has 2 rings (SSSR count). The number of nitrogens with zero attached hydrogens (tertiary/aromatic N) is 1. The van der Waals surface area contributed by atoms with Crippen LogP contribution in [0.2, 0.25) is 0 Å². The smallest absolute Gasteiger partial charge is 0.124 e. The Morgan fingerprint density at radius 2 is 2.19 bits per heavy atom. The van der Waals surface area contributed by atoms with E-state index in [-0.39, 0.29) is 6.10 Å². The summed E-state index contributed by atoms with van der Waals surface area (Å²) in [4.78, 5) is 0. The van der Waals surface area contributed by atoms with Crippen LogP contribution in [0.25, 0.3) is 0 Å². The average molecular weight is 219 g/mol. The first-order valence-electron chi connectivity index (χ1n) is 5.15. The Morgan fingerprint density at radius 1 is 1.38 bits per heavy atom. The van der Waals surface area contributed by atoms with Crippen molar-refractivity contribution in [1.29, 1.82) is 5.26 Å². The van der Waals surface area contributed by atoms with Gasteiger partial charge >= 0.3 is 0 Å². The van der Waals surface area contributed by atoms with Crippen LogP contribution < -0.4 is 9.47 Å². The van der Waals surface area contributed by atoms with E-state index in [2.05, 4.69) is 6.07 Å². The standard InChI is InChI=1S/C12H13NO3/c1-14-11-4-9(7-13)5-12(6-11)16-10-2-3-15-8-10/h4-6,10H,2-3,8H2,1H3. The van der Waals surface area contributed by atoms with Gasteiger partial charge in [-0.05, 0) is 12.1 Å². The molecule has 1 heterocycles. The first-order valence-corrected chi connectivity index (χ1v) is 5.15. The van der Waals surface area contributed by atoms with E-state index in [0.717, 1.165) is 13.0 Å². The number of hydrogen-bond donors (Lipinski definition) is 0. The molecular formula is C12H13NO3. The van der Waals surface area contributed by atoms with Crippen molar-refractivity contribution in [2.75, 3.05) is 20.3 Å². The van der Waals surface area contributed by atoms with Gasteiger partial charge < -0.3 is 14.2 Å². The van der Waals surface area contributed by atoms with Gasteiger partial charge in [-0.1, -0.05) is 0 Å². The summed E-state index contributed by atoms with van der Waals surface area (Å²) in [6.45, 7) is 1.35. The fourth-order valence-corrected chi connectivity index (χ4v) is 1.62. The predicted octanol–water partition coefficient (Wildman–Crippen LogP) is 1.73. The van der Waals surface area contributed by atoms with Gasteiger partial charge in [-0.25, -0.2) is 0 Å². The van der Waals surface area contributed by atoms with Crippen LogP contribution in [0, 0.1) is 11.3 Å². The summed E-state index contributed by atoms with van der Waals surface area (Å²) in [6.07, 6.45) is 0.970. The molecule has 16 heavy (non-hydrogen) atoms. The summed E-state index contributed by atoms with van der Waals surface area (Å²) in [7, 11) is 1.57. The van der Waals surface area contributed by atoms with Crippen LogP contribution in [0.3, 0.4) is 0 Å². The largest absolute Gasteiger partial charge is 0.497 e. The van der Waals surface area contributed by atoms with Gasteiger partial charge in [0, 0.05) is 12.5 Å². The molecule has 0 bridgehead atoms. The molecule has 0 spiro atoms. The van der Waals surface area contributed by atoms with Crippen LogP contribution in [-0.4, -0.2) is 26.4 Å². The highest BCUT2D eigenvalue weighted by atomic mass is 16.5. The molecule has 1 saturated heterocycles. The van der Waals surface area contributed by atoms with Crippen molar-refractivity contribution < 1.29 is 14.2 Å². The molecule has 4 heteroatoms. The lowest BCUT2D eigenvalue weighted by atomic mass is 10.2. The van der Waals surface area contributed by atoms with E-state index >= 15 is 0 Å². The Hall–Kier alpha value is -1.73. The maximum absolute atomic E-state index is 8.86. The SMILES string of the molecule is COc1cc(C#N)cc(OC2CCOC2)c1. The second kappa shape index (κ2) is 4.86. The highest BCUT2D eigenvalue weighted by Crippen LogP contribution is 2.24. The molecule has 0 radical (unpaired) electrons. The molecule has 1 fully saturated rings. The van der Waals surface area contributed by atoms with Gasteiger partial charge in [-0.2, -0.15) is 5.26 Å². The summed E-state index contributed by atoms with van der Waals surface area (Å²) < 4.78 is 16.0. The number of ether oxygens (including phenoxy) is 3. The molecular weight excluding hydrogens is 206 g/mol. The zero-order valence-corrected chi connectivity index (χ0v) is 9.10. The molecule has 1 atom stereocenters. The van der Waals surface area contributed by atoms with E-state index in [1.807, 2.05) is 0 Å². The van der Waals surface area contributed by atoms with E-state index in [4.69, 9.17) is 19.5 Å². The highest BCUT2D eigenvalue weighted by Gasteiger charge is 2.17. The minimum Gasteiger partial charge on any atom is -0.497 e. The molecule has 0 aromatic heterocycles. The second-order valence-electron chi connectivity index (χ2n) is 3.61. The van der Waals surface area contributed by atoms with Gasteiger partial charge in [-0.15, -0.1) is 0 Å². The van der Waals surface area contributed by atoms with Crippen LogP contribution in [-0.2, 0) is 4.74 Å². The maximum atomic E-state index is 8.86. The molecule has 1 aromatic carbocycles. The Morgan fingerprint density at radius 3 is 2.81 bits per heavy atom. The summed E-state index contributed by atoms with van der Waals surface area (Å²) in [6, 6.07) is 7.24. The Bertz CT molecular complexity index is 405. The molecule has 84 valence electrons. The van der Waals surface area contributed by atoms with Gasteiger partial charge in [0.25, 0.3) is 0 Å². The third-order valence-electron chi connectivity index (χ3n) is 2.44. The van der Waals surface area contributed by atoms with Gasteiger partial charge in [0.2, 0.25) is 0 Å². The topological polar surface area (TPSA) is 51.5 Å². The minimum atomic E-state index is 0.0821. The lowest BCUT2D eigenvalue weighted by molar-refractivity contribution is 0.141. The zero-order valence-electron chi connectivity index (χ0n) is 9.10. The minimum absolute atomic E-state index is 0.0821. The molecule has 1 aliphatic heterocycles. The van der Waals surface area contributed by atoms with Crippen molar-refractivity contribution in [2.45, 2.75) is 12.5 Å². The van der Waals surface area contributed by atoms with Gasteiger partial charge in [0.1, 0.15) is 17.6 Å². The first-order chi connectivity index (χ1) is 7.81. The zero-order chi connectivity index (χ0) is 11.4. The van der Waals surface area contributed by atoms with Gasteiger partial charge in [-0.3, -0.25) is 0 Å². The van der Waals surface area contributed by atoms with E-state index in [9.17, 15) is 0 Å². The summed E-state index contributed by atoms with van der Waals surface area (Å²) in [5.41, 5.74) is 0.535. The molecule has 0 aliphatic carbocycles. The summed E-state index contributed by atoms with van der Waals surface area (Å²) in [5.74, 6) is 1.29. The van der Waals surface area contributed by atoms with Crippen LogP contribution in [0.15, 0.2) is 18.2 Å². The number of hydrogen-bond acceptors (Lipinski definition) is 4. The Kier molecular flexibility index (Phi) is 3.28. The third kappa shape index (κ3) is 2.44. The van der Waals surface area contributed by atoms with Crippen molar-refractivity contribution in [3.05, 3.63) is 23.8 Å². The predicted molar refractivity (Wildman–Crippen MR) is 57.6 cm³/mol. The molecule has 4 nitrogen and oxygen atoms in total. The van der Waals surface area contributed by atoms with Crippen molar-refractivity contribution in [2.24, 2.45) is 0 Å². The summed E-state index contributed by atoms with van der Waals surface area (Å²) in [5, 5.41) is 8.86. The van der Waals surface area contributed by atoms with E-state index in [1.165, 1.54) is 0 Å². The molecule has 1 unspecified atom stereocenters. The van der Waals surface area contributed by atoms with E-state index in [0.29, 0.717) is 23.7 Å². The molecule has 0 amide bonds. The van der Waals surface area contributed by atoms with Crippen LogP contribution >= 0.6 is 0 Å². The lowest BCUT2D eigenvalue weighted by Gasteiger charge is -2.12. The maximum Gasteiger partial charge on any atom is 0.124 e. The first kappa shape index (κ1) is 10.8. The third-order valence-corrected chi connectivity index (χ3v) is 2.44. The number of rotatable bonds is 3. The van der Waals surface area contributed by atoms with Gasteiger partial charge in [0.15, 0.2) is 0 Å². The van der Waals surface area contributed by atoms with E-state index in [1.54, 1.807) is 25.3 Å². The average Bonchev–Trinajstić information content (AvgIpc) is 2.81. The molecule has 0 N–H and O–H groups in total. The molecule has 1 aliphatic rings. The second-order valence-corrected chi connectivity index (χ2v) is 3.61. The van der Waals surface area contributed by atoms with Gasteiger partial charge in [0.05, 0.1) is 32.0 Å². The highest BCUT2D eigenvalue weighted by molar-refractivity contribution is 5.43. The number of methoxy groups -OCH3 is 1. The van der Waals surface area contributed by atoms with Crippen LogP contribution in [0.4, 0.5) is 0 Å². The van der Waals surface area contributed by atoms with Crippen molar-refractivity contribution in [3.8, 4) is 17.6 Å². The molecule has 1 aromatic rings. The normalized spacial score (nSPS) is 19.1. The van der Waals surface area contributed by atoms with E-state index < -0.39 is 0 Å². The fourth-order valence-electron chi connectivity index (χ4n) is 1.62. The van der Waals surface area contributed by atoms with Crippen molar-refractivity contribution in [1.82, 2.24) is 0 Å². The lowest BCUT2D eigenvalue weighted by Crippen LogP contribution is -2.15. The number of benzene rings is 1. The van der Waals surface area contributed by atoms with Crippen LogP contribution in [0.5, 0.6) is 11.5 Å². The van der Waals surface area contributed by atoms with Crippen molar-refractivity contribution in [3.63, 3.8) is 0 Å². The van der Waals surface area contributed by atoms with Crippen LogP contribution in [0.1, 0.15) is 12.0 Å². The quantitative estimate of drug-likeness (QED) is 0.776. The summed E-state index contributed by atoms with van der Waals surface area (Å²) >= 11 is 0.